The van der Waals surface area contributed by atoms with Crippen molar-refractivity contribution in [3.63, 3.8) is 0 Å². The molecule has 0 heterocycles. The summed E-state index contributed by atoms with van der Waals surface area (Å²) in [6, 6.07) is 0. The van der Waals surface area contributed by atoms with Crippen LogP contribution in [0.15, 0.2) is 29.4 Å². The Labute approximate surface area is 64.6 Å². The van der Waals surface area contributed by atoms with Crippen LogP contribution in [0.1, 0.15) is 6.92 Å². The summed E-state index contributed by atoms with van der Waals surface area (Å²) in [5.74, 6) is 1.83. The van der Waals surface area contributed by atoms with Crippen LogP contribution in [0.3, 0.4) is 0 Å². The molecular formula is C7H6MnO. The molecule has 0 unspecified atom stereocenters. The van der Waals surface area contributed by atoms with E-state index in [4.69, 9.17) is 0 Å². The standard InChI is InChI=1S/C7H6O.Mn/c1-6-3-2-4-7(6)5-8;/h2-4H,1H3;. The first-order valence-corrected chi connectivity index (χ1v) is 2.45. The van der Waals surface area contributed by atoms with E-state index in [1.165, 1.54) is 0 Å². The Kier molecular flexibility index (Phi) is 3.26. The molecular weight excluding hydrogens is 155 g/mol. The predicted molar refractivity (Wildman–Crippen MR) is 32.1 cm³/mol. The minimum atomic E-state index is 0. The number of carbonyl (C=O) groups excluding carboxylic acids is 1. The van der Waals surface area contributed by atoms with Crippen LogP contribution in [0.5, 0.6) is 0 Å². The SMILES string of the molecule is CC1=CC=CC1=C=O.[Mn]. The van der Waals surface area contributed by atoms with E-state index in [0.29, 0.717) is 5.57 Å². The van der Waals surface area contributed by atoms with Crippen LogP contribution < -0.4 is 0 Å². The summed E-state index contributed by atoms with van der Waals surface area (Å²) in [6.45, 7) is 1.89. The monoisotopic (exact) mass is 161 g/mol. The van der Waals surface area contributed by atoms with Crippen LogP contribution in [0.25, 0.3) is 0 Å². The van der Waals surface area contributed by atoms with Crippen LogP contribution in [0.2, 0.25) is 0 Å². The van der Waals surface area contributed by atoms with Crippen molar-refractivity contribution in [3.05, 3.63) is 29.4 Å². The third-order valence-corrected chi connectivity index (χ3v) is 1.14. The molecule has 0 fully saturated rings. The summed E-state index contributed by atoms with van der Waals surface area (Å²) in [7, 11) is 0. The Bertz CT molecular complexity index is 207. The van der Waals surface area contributed by atoms with Crippen LogP contribution in [0.4, 0.5) is 0 Å². The minimum absolute atomic E-state index is 0. The molecule has 0 saturated carbocycles. The van der Waals surface area contributed by atoms with E-state index in [0.717, 1.165) is 5.57 Å². The zero-order valence-electron chi connectivity index (χ0n) is 5.02. The topological polar surface area (TPSA) is 17.1 Å². The van der Waals surface area contributed by atoms with Gasteiger partial charge in [-0.1, -0.05) is 12.2 Å². The van der Waals surface area contributed by atoms with Crippen molar-refractivity contribution >= 4 is 5.94 Å². The van der Waals surface area contributed by atoms with Gasteiger partial charge in [0.2, 0.25) is 0 Å². The predicted octanol–water partition coefficient (Wildman–Crippen LogP) is 1.26. The van der Waals surface area contributed by atoms with Gasteiger partial charge < -0.3 is 0 Å². The van der Waals surface area contributed by atoms with Crippen LogP contribution in [-0.4, -0.2) is 5.94 Å². The van der Waals surface area contributed by atoms with Crippen molar-refractivity contribution in [3.8, 4) is 0 Å². The van der Waals surface area contributed by atoms with E-state index in [1.54, 1.807) is 6.08 Å². The van der Waals surface area contributed by atoms with Gasteiger partial charge in [0, 0.05) is 17.1 Å². The second-order valence-electron chi connectivity index (χ2n) is 1.72. The second-order valence-corrected chi connectivity index (χ2v) is 1.72. The van der Waals surface area contributed by atoms with E-state index in [9.17, 15) is 4.79 Å². The summed E-state index contributed by atoms with van der Waals surface area (Å²) in [5, 5.41) is 0. The minimum Gasteiger partial charge on any atom is -0.233 e. The number of allylic oxidation sites excluding steroid dienone is 5. The molecule has 2 heteroatoms. The van der Waals surface area contributed by atoms with E-state index in [1.807, 2.05) is 25.0 Å². The third kappa shape index (κ3) is 1.69. The molecule has 1 rings (SSSR count). The number of rotatable bonds is 0. The largest absolute Gasteiger partial charge is 0.233 e. The normalized spacial score (nSPS) is 14.3. The van der Waals surface area contributed by atoms with E-state index in [2.05, 4.69) is 0 Å². The molecule has 1 aliphatic rings. The maximum Gasteiger partial charge on any atom is 0.132 e. The van der Waals surface area contributed by atoms with Crippen molar-refractivity contribution in [2.75, 3.05) is 0 Å². The molecule has 9 heavy (non-hydrogen) atoms. The van der Waals surface area contributed by atoms with Gasteiger partial charge in [-0.2, -0.15) is 0 Å². The first-order chi connectivity index (χ1) is 3.84. The molecule has 0 aromatic rings. The quantitative estimate of drug-likeness (QED) is 0.386. The van der Waals surface area contributed by atoms with Gasteiger partial charge in [0.1, 0.15) is 5.94 Å². The van der Waals surface area contributed by atoms with Crippen LogP contribution in [0, 0.1) is 0 Å². The summed E-state index contributed by atoms with van der Waals surface area (Å²) in [4.78, 5) is 9.96. The molecule has 0 aromatic carbocycles. The molecule has 0 atom stereocenters. The van der Waals surface area contributed by atoms with Gasteiger partial charge in [0.25, 0.3) is 0 Å². The Morgan fingerprint density at radius 2 is 2.22 bits per heavy atom. The van der Waals surface area contributed by atoms with E-state index in [-0.39, 0.29) is 17.1 Å². The molecule has 0 amide bonds. The first kappa shape index (κ1) is 8.45. The Morgan fingerprint density at radius 1 is 1.56 bits per heavy atom. The maximum absolute atomic E-state index is 9.96. The molecule has 1 nitrogen and oxygen atoms in total. The number of hydrogen-bond donors (Lipinski definition) is 0. The average Bonchev–Trinajstić information content (AvgIpc) is 2.14. The van der Waals surface area contributed by atoms with Gasteiger partial charge in [-0.05, 0) is 18.6 Å². The average molecular weight is 161 g/mol. The van der Waals surface area contributed by atoms with E-state index >= 15 is 0 Å². The van der Waals surface area contributed by atoms with Gasteiger partial charge in [0.15, 0.2) is 0 Å². The molecule has 1 aliphatic carbocycles. The fraction of sp³-hybridized carbons (Fsp3) is 0.143. The van der Waals surface area contributed by atoms with Gasteiger partial charge >= 0.3 is 0 Å². The fourth-order valence-corrected chi connectivity index (χ4v) is 0.624. The zero-order valence-corrected chi connectivity index (χ0v) is 6.20. The van der Waals surface area contributed by atoms with Crippen molar-refractivity contribution < 1.29 is 21.9 Å². The molecule has 0 aliphatic heterocycles. The summed E-state index contributed by atoms with van der Waals surface area (Å²) >= 11 is 0. The summed E-state index contributed by atoms with van der Waals surface area (Å²) in [6.07, 6.45) is 5.48. The van der Waals surface area contributed by atoms with Crippen molar-refractivity contribution in [2.45, 2.75) is 6.92 Å². The van der Waals surface area contributed by atoms with Gasteiger partial charge in [-0.25, -0.2) is 4.79 Å². The Hall–Kier alpha value is -0.551. The number of hydrogen-bond acceptors (Lipinski definition) is 1. The van der Waals surface area contributed by atoms with Crippen LogP contribution in [-0.2, 0) is 21.9 Å². The van der Waals surface area contributed by atoms with Crippen molar-refractivity contribution in [1.82, 2.24) is 0 Å². The van der Waals surface area contributed by atoms with E-state index < -0.39 is 0 Å². The Morgan fingerprint density at radius 3 is 2.44 bits per heavy atom. The fourth-order valence-electron chi connectivity index (χ4n) is 0.624. The molecule has 0 bridgehead atoms. The molecule has 1 radical (unpaired) electrons. The van der Waals surface area contributed by atoms with Gasteiger partial charge in [-0.15, -0.1) is 0 Å². The summed E-state index contributed by atoms with van der Waals surface area (Å²) < 4.78 is 0. The molecule has 0 spiro atoms. The molecule has 0 aromatic heterocycles. The van der Waals surface area contributed by atoms with Crippen LogP contribution >= 0.6 is 0 Å². The van der Waals surface area contributed by atoms with Gasteiger partial charge in [0.05, 0.1) is 5.57 Å². The smallest absolute Gasteiger partial charge is 0.132 e. The zero-order chi connectivity index (χ0) is 5.98. The molecule has 0 saturated heterocycles. The van der Waals surface area contributed by atoms with Crippen molar-refractivity contribution in [1.29, 1.82) is 0 Å². The molecule has 47 valence electrons. The second kappa shape index (κ2) is 3.47. The Balaban J connectivity index is 0.000000640. The third-order valence-electron chi connectivity index (χ3n) is 1.14. The molecule has 0 N–H and O–H groups in total. The first-order valence-electron chi connectivity index (χ1n) is 2.45. The maximum atomic E-state index is 9.96. The summed E-state index contributed by atoms with van der Waals surface area (Å²) in [5.41, 5.74) is 1.67. The van der Waals surface area contributed by atoms with Crippen molar-refractivity contribution in [2.24, 2.45) is 0 Å². The van der Waals surface area contributed by atoms with Gasteiger partial charge in [-0.3, -0.25) is 0 Å².